The smallest absolute Gasteiger partial charge is 0.314 e. The summed E-state index contributed by atoms with van der Waals surface area (Å²) in [5.41, 5.74) is 1.17. The molecule has 0 atom stereocenters. The monoisotopic (exact) mass is 262 g/mol. The first-order chi connectivity index (χ1) is 9.08. The average Bonchev–Trinajstić information content (AvgIpc) is 2.43. The maximum absolute atomic E-state index is 11.9. The Labute approximate surface area is 112 Å². The summed E-state index contributed by atoms with van der Waals surface area (Å²) in [5.74, 6) is -1.26. The van der Waals surface area contributed by atoms with Crippen LogP contribution >= 0.6 is 0 Å². The van der Waals surface area contributed by atoms with Gasteiger partial charge in [-0.25, -0.2) is 0 Å². The molecule has 19 heavy (non-hydrogen) atoms. The zero-order valence-corrected chi connectivity index (χ0v) is 11.0. The van der Waals surface area contributed by atoms with E-state index in [2.05, 4.69) is 5.32 Å². The number of benzene rings is 1. The van der Waals surface area contributed by atoms with Gasteiger partial charge in [0.1, 0.15) is 5.75 Å². The minimum Gasteiger partial charge on any atom is -0.506 e. The average molecular weight is 262 g/mol. The van der Waals surface area contributed by atoms with Crippen LogP contribution in [0.3, 0.4) is 0 Å². The lowest BCUT2D eigenvalue weighted by Crippen LogP contribution is -2.42. The van der Waals surface area contributed by atoms with E-state index in [-0.39, 0.29) is 11.4 Å². The first-order valence-corrected chi connectivity index (χ1v) is 6.48. The predicted molar refractivity (Wildman–Crippen MR) is 71.9 cm³/mol. The van der Waals surface area contributed by atoms with E-state index in [1.807, 2.05) is 6.92 Å². The third kappa shape index (κ3) is 3.24. The SMILES string of the molecule is Cc1ccc(O)c(NC(=O)C(=O)N2CCCCC2)c1. The second-order valence-electron chi connectivity index (χ2n) is 4.83. The third-order valence-corrected chi connectivity index (χ3v) is 3.24. The van der Waals surface area contributed by atoms with Gasteiger partial charge in [-0.15, -0.1) is 0 Å². The van der Waals surface area contributed by atoms with Crippen molar-refractivity contribution < 1.29 is 14.7 Å². The molecule has 0 saturated carbocycles. The van der Waals surface area contributed by atoms with Gasteiger partial charge in [-0.05, 0) is 43.9 Å². The number of rotatable bonds is 1. The molecule has 1 aliphatic rings. The van der Waals surface area contributed by atoms with Crippen molar-refractivity contribution in [3.63, 3.8) is 0 Å². The molecule has 1 aromatic rings. The summed E-state index contributed by atoms with van der Waals surface area (Å²) >= 11 is 0. The molecule has 2 N–H and O–H groups in total. The number of phenols is 1. The van der Waals surface area contributed by atoms with Crippen molar-refractivity contribution in [2.75, 3.05) is 18.4 Å². The predicted octanol–water partition coefficient (Wildman–Crippen LogP) is 1.65. The van der Waals surface area contributed by atoms with Gasteiger partial charge in [-0.2, -0.15) is 0 Å². The summed E-state index contributed by atoms with van der Waals surface area (Å²) in [5, 5.41) is 12.1. The summed E-state index contributed by atoms with van der Waals surface area (Å²) in [6, 6.07) is 4.87. The molecule has 5 heteroatoms. The summed E-state index contributed by atoms with van der Waals surface area (Å²) < 4.78 is 0. The Kier molecular flexibility index (Phi) is 4.04. The number of carbonyl (C=O) groups excluding carboxylic acids is 2. The summed E-state index contributed by atoms with van der Waals surface area (Å²) in [7, 11) is 0. The van der Waals surface area contributed by atoms with Crippen molar-refractivity contribution in [1.29, 1.82) is 0 Å². The number of carbonyl (C=O) groups is 2. The molecule has 1 heterocycles. The maximum atomic E-state index is 11.9. The van der Waals surface area contributed by atoms with Gasteiger partial charge in [0.25, 0.3) is 0 Å². The fourth-order valence-corrected chi connectivity index (χ4v) is 2.17. The number of nitrogens with one attached hydrogen (secondary N) is 1. The lowest BCUT2D eigenvalue weighted by atomic mass is 10.1. The van der Waals surface area contributed by atoms with Gasteiger partial charge >= 0.3 is 11.8 Å². The molecule has 0 aromatic heterocycles. The Bertz CT molecular complexity index is 493. The molecule has 1 fully saturated rings. The van der Waals surface area contributed by atoms with E-state index in [1.165, 1.54) is 6.07 Å². The van der Waals surface area contributed by atoms with Gasteiger partial charge in [0, 0.05) is 13.1 Å². The van der Waals surface area contributed by atoms with Crippen molar-refractivity contribution >= 4 is 17.5 Å². The van der Waals surface area contributed by atoms with Crippen LogP contribution in [0.4, 0.5) is 5.69 Å². The van der Waals surface area contributed by atoms with Crippen LogP contribution in [-0.2, 0) is 9.59 Å². The summed E-state index contributed by atoms with van der Waals surface area (Å²) in [6.45, 7) is 3.11. The van der Waals surface area contributed by atoms with E-state index in [0.717, 1.165) is 24.8 Å². The molecule has 1 aliphatic heterocycles. The molecular weight excluding hydrogens is 244 g/mol. The van der Waals surface area contributed by atoms with Crippen LogP contribution in [-0.4, -0.2) is 34.9 Å². The lowest BCUT2D eigenvalue weighted by Gasteiger charge is -2.25. The number of piperidine rings is 1. The first-order valence-electron chi connectivity index (χ1n) is 6.48. The van der Waals surface area contributed by atoms with Crippen LogP contribution in [0.1, 0.15) is 24.8 Å². The number of hydrogen-bond acceptors (Lipinski definition) is 3. The number of nitrogens with zero attached hydrogens (tertiary/aromatic N) is 1. The van der Waals surface area contributed by atoms with Crippen molar-refractivity contribution in [1.82, 2.24) is 4.90 Å². The number of aryl methyl sites for hydroxylation is 1. The van der Waals surface area contributed by atoms with Crippen LogP contribution in [0.2, 0.25) is 0 Å². The normalized spacial score (nSPS) is 15.1. The van der Waals surface area contributed by atoms with E-state index >= 15 is 0 Å². The topological polar surface area (TPSA) is 69.6 Å². The second kappa shape index (κ2) is 5.73. The highest BCUT2D eigenvalue weighted by Crippen LogP contribution is 2.23. The largest absolute Gasteiger partial charge is 0.506 e. The van der Waals surface area contributed by atoms with E-state index in [1.54, 1.807) is 17.0 Å². The molecule has 2 rings (SSSR count). The molecule has 1 saturated heterocycles. The molecule has 0 bridgehead atoms. The Morgan fingerprint density at radius 3 is 2.58 bits per heavy atom. The van der Waals surface area contributed by atoms with Crippen LogP contribution in [0.5, 0.6) is 5.75 Å². The molecule has 0 radical (unpaired) electrons. The number of anilines is 1. The zero-order valence-electron chi connectivity index (χ0n) is 11.0. The van der Waals surface area contributed by atoms with E-state index in [9.17, 15) is 14.7 Å². The van der Waals surface area contributed by atoms with E-state index < -0.39 is 11.8 Å². The molecule has 1 aromatic carbocycles. The van der Waals surface area contributed by atoms with Crippen molar-refractivity contribution in [3.05, 3.63) is 23.8 Å². The lowest BCUT2D eigenvalue weighted by molar-refractivity contribution is -0.143. The number of aromatic hydroxyl groups is 1. The van der Waals surface area contributed by atoms with Gasteiger partial charge in [0.15, 0.2) is 0 Å². The Morgan fingerprint density at radius 1 is 1.21 bits per heavy atom. The fourth-order valence-electron chi connectivity index (χ4n) is 2.17. The number of likely N-dealkylation sites (tertiary alicyclic amines) is 1. The van der Waals surface area contributed by atoms with Gasteiger partial charge in [0.05, 0.1) is 5.69 Å². The van der Waals surface area contributed by atoms with Crippen molar-refractivity contribution in [3.8, 4) is 5.75 Å². The standard InChI is InChI=1S/C14H18N2O3/c1-10-5-6-12(17)11(9-10)15-13(18)14(19)16-7-3-2-4-8-16/h5-6,9,17H,2-4,7-8H2,1H3,(H,15,18). The fraction of sp³-hybridized carbons (Fsp3) is 0.429. The van der Waals surface area contributed by atoms with Gasteiger partial charge in [0.2, 0.25) is 0 Å². The van der Waals surface area contributed by atoms with E-state index in [0.29, 0.717) is 13.1 Å². The minimum absolute atomic E-state index is 0.0367. The zero-order chi connectivity index (χ0) is 13.8. The second-order valence-corrected chi connectivity index (χ2v) is 4.83. The van der Waals surface area contributed by atoms with E-state index in [4.69, 9.17) is 0 Å². The highest BCUT2D eigenvalue weighted by atomic mass is 16.3. The molecular formula is C14H18N2O3. The first kappa shape index (κ1) is 13.4. The van der Waals surface area contributed by atoms with Crippen LogP contribution in [0, 0.1) is 6.92 Å². The molecule has 102 valence electrons. The molecule has 5 nitrogen and oxygen atoms in total. The molecule has 2 amide bonds. The number of hydrogen-bond donors (Lipinski definition) is 2. The van der Waals surface area contributed by atoms with Crippen LogP contribution in [0.25, 0.3) is 0 Å². The molecule has 0 unspecified atom stereocenters. The number of amides is 2. The minimum atomic E-state index is -0.692. The Hall–Kier alpha value is -2.04. The summed E-state index contributed by atoms with van der Waals surface area (Å²) in [4.78, 5) is 25.4. The maximum Gasteiger partial charge on any atom is 0.314 e. The summed E-state index contributed by atoms with van der Waals surface area (Å²) in [6.07, 6.45) is 2.98. The third-order valence-electron chi connectivity index (χ3n) is 3.24. The Morgan fingerprint density at radius 2 is 1.89 bits per heavy atom. The molecule has 0 aliphatic carbocycles. The quantitative estimate of drug-likeness (QED) is 0.597. The van der Waals surface area contributed by atoms with Gasteiger partial charge in [-0.1, -0.05) is 6.07 Å². The Balaban J connectivity index is 2.03. The van der Waals surface area contributed by atoms with Gasteiger partial charge in [-0.3, -0.25) is 9.59 Å². The van der Waals surface area contributed by atoms with Crippen LogP contribution < -0.4 is 5.32 Å². The highest BCUT2D eigenvalue weighted by Gasteiger charge is 2.23. The highest BCUT2D eigenvalue weighted by molar-refractivity contribution is 6.39. The number of phenolic OH excluding ortho intramolecular Hbond substituents is 1. The van der Waals surface area contributed by atoms with Crippen molar-refractivity contribution in [2.24, 2.45) is 0 Å². The molecule has 0 spiro atoms. The van der Waals surface area contributed by atoms with Crippen molar-refractivity contribution in [2.45, 2.75) is 26.2 Å². The van der Waals surface area contributed by atoms with Gasteiger partial charge < -0.3 is 15.3 Å². The van der Waals surface area contributed by atoms with Crippen LogP contribution in [0.15, 0.2) is 18.2 Å².